The molecule has 2 rings (SSSR count). The summed E-state index contributed by atoms with van der Waals surface area (Å²) in [6.07, 6.45) is 0. The first-order valence-electron chi connectivity index (χ1n) is 4.99. The summed E-state index contributed by atoms with van der Waals surface area (Å²) in [5, 5.41) is 3.07. The molecule has 0 saturated heterocycles. The number of nitrogens with one attached hydrogen (secondary N) is 1. The van der Waals surface area contributed by atoms with Crippen molar-refractivity contribution in [1.29, 1.82) is 0 Å². The van der Waals surface area contributed by atoms with Gasteiger partial charge in [0.25, 0.3) is 0 Å². The van der Waals surface area contributed by atoms with Gasteiger partial charge in [-0.2, -0.15) is 4.98 Å². The van der Waals surface area contributed by atoms with Crippen molar-refractivity contribution in [3.63, 3.8) is 0 Å². The molecule has 94 valence electrons. The van der Waals surface area contributed by atoms with E-state index in [4.69, 9.17) is 17.3 Å². The number of anilines is 3. The minimum atomic E-state index is -0.342. The lowest BCUT2D eigenvalue weighted by Gasteiger charge is -2.10. The third kappa shape index (κ3) is 2.70. The molecule has 0 radical (unpaired) electrons. The molecule has 1 aromatic heterocycles. The van der Waals surface area contributed by atoms with Crippen LogP contribution in [0.2, 0.25) is 5.28 Å². The summed E-state index contributed by atoms with van der Waals surface area (Å²) in [7, 11) is 0. The standard InChI is InChI=1S/C11H9BrClFN4/c1-5-9(15)10(18-11(13)16-5)17-6-2-3-8(14)7(12)4-6/h2-4H,15H2,1H3,(H,16,17,18). The van der Waals surface area contributed by atoms with E-state index in [1.165, 1.54) is 6.07 Å². The van der Waals surface area contributed by atoms with Crippen LogP contribution < -0.4 is 11.1 Å². The zero-order valence-corrected chi connectivity index (χ0v) is 11.7. The summed E-state index contributed by atoms with van der Waals surface area (Å²) in [5.74, 6) is 0.0523. The molecule has 0 saturated carbocycles. The van der Waals surface area contributed by atoms with Gasteiger partial charge in [-0.15, -0.1) is 0 Å². The van der Waals surface area contributed by atoms with Crippen LogP contribution in [0.1, 0.15) is 5.69 Å². The summed E-state index contributed by atoms with van der Waals surface area (Å²) in [5.41, 5.74) is 7.46. The molecule has 0 spiro atoms. The maximum absolute atomic E-state index is 13.1. The van der Waals surface area contributed by atoms with Crippen LogP contribution in [0.25, 0.3) is 0 Å². The van der Waals surface area contributed by atoms with E-state index in [2.05, 4.69) is 31.2 Å². The monoisotopic (exact) mass is 330 g/mol. The lowest BCUT2D eigenvalue weighted by molar-refractivity contribution is 0.621. The largest absolute Gasteiger partial charge is 0.394 e. The van der Waals surface area contributed by atoms with Gasteiger partial charge in [-0.3, -0.25) is 0 Å². The van der Waals surface area contributed by atoms with E-state index in [0.717, 1.165) is 0 Å². The molecule has 1 heterocycles. The average molecular weight is 332 g/mol. The Balaban J connectivity index is 2.36. The van der Waals surface area contributed by atoms with Crippen LogP contribution in [0.4, 0.5) is 21.6 Å². The Hall–Kier alpha value is -1.40. The SMILES string of the molecule is Cc1nc(Cl)nc(Nc2ccc(F)c(Br)c2)c1N. The number of nitrogens with zero attached hydrogens (tertiary/aromatic N) is 2. The van der Waals surface area contributed by atoms with Crippen molar-refractivity contribution in [2.45, 2.75) is 6.92 Å². The fourth-order valence-electron chi connectivity index (χ4n) is 1.35. The van der Waals surface area contributed by atoms with Gasteiger partial charge in [0, 0.05) is 5.69 Å². The average Bonchev–Trinajstić information content (AvgIpc) is 2.30. The number of nitrogens with two attached hydrogens (primary N) is 1. The van der Waals surface area contributed by atoms with Crippen molar-refractivity contribution in [2.75, 3.05) is 11.1 Å². The molecule has 0 unspecified atom stereocenters. The number of hydrogen-bond donors (Lipinski definition) is 2. The number of hydrogen-bond acceptors (Lipinski definition) is 4. The van der Waals surface area contributed by atoms with Gasteiger partial charge in [0.1, 0.15) is 5.82 Å². The van der Waals surface area contributed by atoms with Gasteiger partial charge in [0.05, 0.1) is 15.9 Å². The smallest absolute Gasteiger partial charge is 0.224 e. The molecule has 0 amide bonds. The van der Waals surface area contributed by atoms with E-state index >= 15 is 0 Å². The summed E-state index contributed by atoms with van der Waals surface area (Å²) < 4.78 is 13.4. The van der Waals surface area contributed by atoms with Gasteiger partial charge in [-0.05, 0) is 52.7 Å². The molecule has 0 atom stereocenters. The van der Waals surface area contributed by atoms with E-state index < -0.39 is 0 Å². The highest BCUT2D eigenvalue weighted by Gasteiger charge is 2.09. The zero-order chi connectivity index (χ0) is 13.3. The first-order valence-corrected chi connectivity index (χ1v) is 6.16. The van der Waals surface area contributed by atoms with Crippen molar-refractivity contribution in [1.82, 2.24) is 9.97 Å². The molecule has 0 aliphatic rings. The van der Waals surface area contributed by atoms with Crippen molar-refractivity contribution in [3.05, 3.63) is 39.5 Å². The second-order valence-electron chi connectivity index (χ2n) is 3.59. The van der Waals surface area contributed by atoms with E-state index in [1.807, 2.05) is 0 Å². The number of aromatic nitrogens is 2. The van der Waals surface area contributed by atoms with Crippen molar-refractivity contribution in [2.24, 2.45) is 0 Å². The zero-order valence-electron chi connectivity index (χ0n) is 9.34. The fraction of sp³-hybridized carbons (Fsp3) is 0.0909. The summed E-state index contributed by atoms with van der Waals surface area (Å²) >= 11 is 8.86. The predicted octanol–water partition coefficient (Wildman–Crippen LogP) is 3.67. The van der Waals surface area contributed by atoms with Gasteiger partial charge in [-0.25, -0.2) is 9.37 Å². The predicted molar refractivity (Wildman–Crippen MR) is 73.6 cm³/mol. The van der Waals surface area contributed by atoms with Crippen LogP contribution in [0.5, 0.6) is 0 Å². The molecule has 1 aromatic carbocycles. The third-order valence-electron chi connectivity index (χ3n) is 2.29. The van der Waals surface area contributed by atoms with Crippen LogP contribution >= 0.6 is 27.5 Å². The highest BCUT2D eigenvalue weighted by molar-refractivity contribution is 9.10. The maximum Gasteiger partial charge on any atom is 0.224 e. The highest BCUT2D eigenvalue weighted by Crippen LogP contribution is 2.26. The number of halogens is 3. The van der Waals surface area contributed by atoms with Crippen LogP contribution in [0.3, 0.4) is 0 Å². The molecule has 0 bridgehead atoms. The Kier molecular flexibility index (Phi) is 3.68. The summed E-state index contributed by atoms with van der Waals surface area (Å²) in [6, 6.07) is 4.49. The Bertz CT molecular complexity index is 606. The Morgan fingerprint density at radius 3 is 2.78 bits per heavy atom. The molecule has 7 heteroatoms. The maximum atomic E-state index is 13.1. The van der Waals surface area contributed by atoms with Crippen LogP contribution in [0, 0.1) is 12.7 Å². The highest BCUT2D eigenvalue weighted by atomic mass is 79.9. The molecule has 3 N–H and O–H groups in total. The number of rotatable bonds is 2. The second kappa shape index (κ2) is 5.07. The summed E-state index contributed by atoms with van der Waals surface area (Å²) in [4.78, 5) is 7.92. The van der Waals surface area contributed by atoms with Crippen LogP contribution in [-0.2, 0) is 0 Å². The van der Waals surface area contributed by atoms with Crippen LogP contribution in [0.15, 0.2) is 22.7 Å². The number of aryl methyl sites for hydroxylation is 1. The van der Waals surface area contributed by atoms with Crippen molar-refractivity contribution in [3.8, 4) is 0 Å². The molecular formula is C11H9BrClFN4. The van der Waals surface area contributed by atoms with E-state index in [9.17, 15) is 4.39 Å². The Morgan fingerprint density at radius 1 is 1.39 bits per heavy atom. The van der Waals surface area contributed by atoms with Crippen molar-refractivity contribution < 1.29 is 4.39 Å². The molecule has 4 nitrogen and oxygen atoms in total. The van der Waals surface area contributed by atoms with E-state index in [1.54, 1.807) is 19.1 Å². The molecule has 2 aromatic rings. The van der Waals surface area contributed by atoms with Crippen LogP contribution in [-0.4, -0.2) is 9.97 Å². The Labute approximate surface area is 117 Å². The van der Waals surface area contributed by atoms with E-state index in [0.29, 0.717) is 27.4 Å². The third-order valence-corrected chi connectivity index (χ3v) is 3.07. The molecule has 18 heavy (non-hydrogen) atoms. The molecule has 0 aliphatic heterocycles. The molecular weight excluding hydrogens is 323 g/mol. The van der Waals surface area contributed by atoms with Gasteiger partial charge in [0.2, 0.25) is 5.28 Å². The molecule has 0 aliphatic carbocycles. The normalized spacial score (nSPS) is 10.4. The lowest BCUT2D eigenvalue weighted by atomic mass is 10.3. The lowest BCUT2D eigenvalue weighted by Crippen LogP contribution is -2.03. The van der Waals surface area contributed by atoms with Gasteiger partial charge in [-0.1, -0.05) is 0 Å². The topological polar surface area (TPSA) is 63.8 Å². The number of nitrogen functional groups attached to an aromatic ring is 1. The van der Waals surface area contributed by atoms with E-state index in [-0.39, 0.29) is 11.1 Å². The minimum Gasteiger partial charge on any atom is -0.394 e. The first-order chi connectivity index (χ1) is 8.47. The first kappa shape index (κ1) is 13.0. The number of benzene rings is 1. The minimum absolute atomic E-state index is 0.102. The quantitative estimate of drug-likeness (QED) is 0.824. The fourth-order valence-corrected chi connectivity index (χ4v) is 1.94. The van der Waals surface area contributed by atoms with Gasteiger partial charge < -0.3 is 11.1 Å². The summed E-state index contributed by atoms with van der Waals surface area (Å²) in [6.45, 7) is 1.73. The molecule has 0 fully saturated rings. The van der Waals surface area contributed by atoms with Gasteiger partial charge in [0.15, 0.2) is 5.82 Å². The second-order valence-corrected chi connectivity index (χ2v) is 4.79. The van der Waals surface area contributed by atoms with Crippen molar-refractivity contribution >= 4 is 44.7 Å². The Morgan fingerprint density at radius 2 is 2.11 bits per heavy atom. The van der Waals surface area contributed by atoms with Gasteiger partial charge >= 0.3 is 0 Å².